The van der Waals surface area contributed by atoms with E-state index in [2.05, 4.69) is 226 Å². The lowest BCUT2D eigenvalue weighted by Crippen LogP contribution is -2.38. The smallest absolute Gasteiger partial charge is 0.140 e. The first-order chi connectivity index (χ1) is 27.1. The molecule has 0 bridgehead atoms. The average molecular weight is 763 g/mol. The maximum absolute atomic E-state index is 7.73. The molecule has 0 fully saturated rings. The first-order valence-corrected chi connectivity index (χ1v) is 22.8. The number of ether oxygens (including phenoxy) is 1. The molecule has 9 rings (SSSR count). The van der Waals surface area contributed by atoms with E-state index in [-0.39, 0.29) is 5.41 Å². The van der Waals surface area contributed by atoms with Crippen LogP contribution in [-0.4, -0.2) is 0 Å². The topological polar surface area (TPSA) is 9.23 Å². The second kappa shape index (κ2) is 15.5. The van der Waals surface area contributed by atoms with Crippen molar-refractivity contribution in [3.63, 3.8) is 0 Å². The Bertz CT molecular complexity index is 2410. The van der Waals surface area contributed by atoms with Crippen molar-refractivity contribution in [2.75, 3.05) is 0 Å². The Labute approximate surface area is 329 Å². The zero-order valence-electron chi connectivity index (χ0n) is 31.0. The van der Waals surface area contributed by atoms with Gasteiger partial charge in [0.05, 0.1) is 0 Å². The molecule has 1 aliphatic heterocycles. The maximum atomic E-state index is 7.73. The van der Waals surface area contributed by atoms with Crippen LogP contribution in [0.1, 0.15) is 25.0 Å². The molecule has 1 aliphatic rings. The molecular weight excluding hydrogens is 721 g/mol. The standard InChI is InChI=1S/C51H41OP3/c1-51(2)44-34-21-35-46(54(40-26-13-5-14-27-40)41-28-15-6-16-29-41)49(44)52-50-47(55(42-30-17-7-18-31-42)43-32-19-8-20-33-43)37-36-45(48(50)51)53(38-22-9-3-10-23-38)39-24-11-4-12-25-39/h3-37H,1-2H3. The quantitative estimate of drug-likeness (QED) is 0.133. The van der Waals surface area contributed by atoms with Gasteiger partial charge in [-0.1, -0.05) is 220 Å². The number of hydrogen-bond donors (Lipinski definition) is 0. The number of benzene rings is 8. The van der Waals surface area contributed by atoms with E-state index in [1.807, 2.05) is 0 Å². The summed E-state index contributed by atoms with van der Waals surface area (Å²) in [4.78, 5) is 0. The fourth-order valence-electron chi connectivity index (χ4n) is 7.91. The summed E-state index contributed by atoms with van der Waals surface area (Å²) in [6.45, 7) is 4.85. The van der Waals surface area contributed by atoms with Crippen molar-refractivity contribution < 1.29 is 4.74 Å². The summed E-state index contributed by atoms with van der Waals surface area (Å²) in [5, 5.41) is 11.7. The highest BCUT2D eigenvalue weighted by Crippen LogP contribution is 2.54. The van der Waals surface area contributed by atoms with E-state index in [4.69, 9.17) is 4.74 Å². The van der Waals surface area contributed by atoms with Crippen LogP contribution >= 0.6 is 23.8 Å². The van der Waals surface area contributed by atoms with Gasteiger partial charge in [0.25, 0.3) is 0 Å². The summed E-state index contributed by atoms with van der Waals surface area (Å²) in [7, 11) is -2.78. The molecule has 0 unspecified atom stereocenters. The van der Waals surface area contributed by atoms with Crippen molar-refractivity contribution in [1.29, 1.82) is 0 Å². The van der Waals surface area contributed by atoms with Crippen LogP contribution in [0.3, 0.4) is 0 Å². The van der Waals surface area contributed by atoms with Crippen LogP contribution < -0.4 is 52.5 Å². The Hall–Kier alpha value is -5.15. The molecule has 1 nitrogen and oxygen atoms in total. The van der Waals surface area contributed by atoms with Crippen molar-refractivity contribution in [1.82, 2.24) is 0 Å². The minimum atomic E-state index is -0.957. The van der Waals surface area contributed by atoms with Gasteiger partial charge in [0.1, 0.15) is 11.5 Å². The van der Waals surface area contributed by atoms with Gasteiger partial charge in [-0.25, -0.2) is 0 Å². The molecule has 0 spiro atoms. The summed E-state index contributed by atoms with van der Waals surface area (Å²) >= 11 is 0. The first-order valence-electron chi connectivity index (χ1n) is 18.8. The van der Waals surface area contributed by atoms with Gasteiger partial charge in [0, 0.05) is 27.2 Å². The lowest BCUT2D eigenvalue weighted by atomic mass is 9.75. The summed E-state index contributed by atoms with van der Waals surface area (Å²) in [5.74, 6) is 2.01. The van der Waals surface area contributed by atoms with Crippen LogP contribution in [-0.2, 0) is 5.41 Å². The number of rotatable bonds is 9. The van der Waals surface area contributed by atoms with Crippen molar-refractivity contribution in [3.05, 3.63) is 223 Å². The molecule has 266 valence electrons. The minimum absolute atomic E-state index is 0.378. The molecule has 0 atom stereocenters. The van der Waals surface area contributed by atoms with Gasteiger partial charge in [0.2, 0.25) is 0 Å². The zero-order chi connectivity index (χ0) is 37.2. The van der Waals surface area contributed by atoms with Gasteiger partial charge in [-0.2, -0.15) is 0 Å². The average Bonchev–Trinajstić information content (AvgIpc) is 3.24. The van der Waals surface area contributed by atoms with E-state index in [9.17, 15) is 0 Å². The van der Waals surface area contributed by atoms with Crippen molar-refractivity contribution in [3.8, 4) is 11.5 Å². The molecule has 1 heterocycles. The van der Waals surface area contributed by atoms with Gasteiger partial charge in [-0.05, 0) is 67.0 Å². The summed E-state index contributed by atoms with van der Waals surface area (Å²) in [6, 6.07) is 77.9. The second-order valence-electron chi connectivity index (χ2n) is 14.2. The van der Waals surface area contributed by atoms with E-state index in [1.54, 1.807) is 0 Å². The molecule has 0 N–H and O–H groups in total. The number of fused-ring (bicyclic) bond motifs is 2. The maximum Gasteiger partial charge on any atom is 0.140 e. The van der Waals surface area contributed by atoms with E-state index in [1.165, 1.54) is 58.9 Å². The fraction of sp³-hybridized carbons (Fsp3) is 0.0588. The van der Waals surface area contributed by atoms with E-state index in [0.717, 1.165) is 11.5 Å². The highest BCUT2D eigenvalue weighted by Gasteiger charge is 2.42. The second-order valence-corrected chi connectivity index (χ2v) is 20.8. The molecule has 0 radical (unpaired) electrons. The van der Waals surface area contributed by atoms with Crippen LogP contribution in [0.25, 0.3) is 0 Å². The Morgan fingerprint density at radius 2 is 0.618 bits per heavy atom. The predicted molar refractivity (Wildman–Crippen MR) is 241 cm³/mol. The van der Waals surface area contributed by atoms with Crippen LogP contribution in [0.15, 0.2) is 212 Å². The fourth-order valence-corrected chi connectivity index (χ4v) is 15.3. The SMILES string of the molecule is CC1(C)c2cccc(P(c3ccccc3)c3ccccc3)c2Oc2c(P(c3ccccc3)c3ccccc3)ccc(P(c3ccccc3)c3ccccc3)c21. The third-order valence-electron chi connectivity index (χ3n) is 10.4. The molecule has 8 aromatic rings. The van der Waals surface area contributed by atoms with Crippen molar-refractivity contribution >= 4 is 71.5 Å². The molecule has 0 amide bonds. The minimum Gasteiger partial charge on any atom is -0.455 e. The van der Waals surface area contributed by atoms with Gasteiger partial charge in [-0.3, -0.25) is 0 Å². The third kappa shape index (κ3) is 6.77. The van der Waals surface area contributed by atoms with Crippen LogP contribution in [0.5, 0.6) is 11.5 Å². The van der Waals surface area contributed by atoms with Gasteiger partial charge in [-0.15, -0.1) is 0 Å². The molecule has 0 aromatic heterocycles. The van der Waals surface area contributed by atoms with E-state index < -0.39 is 23.8 Å². The van der Waals surface area contributed by atoms with Crippen LogP contribution in [0, 0.1) is 0 Å². The monoisotopic (exact) mass is 762 g/mol. The lowest BCUT2D eigenvalue weighted by Gasteiger charge is -2.41. The van der Waals surface area contributed by atoms with Crippen LogP contribution in [0.2, 0.25) is 0 Å². The largest absolute Gasteiger partial charge is 0.455 e. The Morgan fingerprint density at radius 1 is 0.309 bits per heavy atom. The van der Waals surface area contributed by atoms with Crippen molar-refractivity contribution in [2.24, 2.45) is 0 Å². The third-order valence-corrected chi connectivity index (χ3v) is 17.8. The Kier molecular flexibility index (Phi) is 10.0. The predicted octanol–water partition coefficient (Wildman–Crippen LogP) is 9.39. The highest BCUT2D eigenvalue weighted by molar-refractivity contribution is 7.81. The number of para-hydroxylation sites is 1. The number of hydrogen-bond acceptors (Lipinski definition) is 1. The molecular formula is C51H41OP3. The first kappa shape index (κ1) is 35.5. The molecule has 8 aromatic carbocycles. The van der Waals surface area contributed by atoms with Gasteiger partial charge in [0.15, 0.2) is 0 Å². The summed E-state index contributed by atoms with van der Waals surface area (Å²) < 4.78 is 7.73. The highest BCUT2D eigenvalue weighted by atomic mass is 31.1. The van der Waals surface area contributed by atoms with Crippen molar-refractivity contribution in [2.45, 2.75) is 19.3 Å². The molecule has 0 aliphatic carbocycles. The lowest BCUT2D eigenvalue weighted by molar-refractivity contribution is 0.426. The van der Waals surface area contributed by atoms with Crippen LogP contribution in [0.4, 0.5) is 0 Å². The normalized spacial score (nSPS) is 13.0. The molecule has 55 heavy (non-hydrogen) atoms. The summed E-state index contributed by atoms with van der Waals surface area (Å²) in [5.41, 5.74) is 2.14. The molecule has 4 heteroatoms. The Balaban J connectivity index is 1.35. The zero-order valence-corrected chi connectivity index (χ0v) is 33.6. The van der Waals surface area contributed by atoms with E-state index in [0.29, 0.717) is 0 Å². The Morgan fingerprint density at radius 3 is 0.982 bits per heavy atom. The summed E-state index contributed by atoms with van der Waals surface area (Å²) in [6.07, 6.45) is 0. The van der Waals surface area contributed by atoms with Gasteiger partial charge < -0.3 is 4.74 Å². The van der Waals surface area contributed by atoms with E-state index >= 15 is 0 Å². The van der Waals surface area contributed by atoms with Gasteiger partial charge >= 0.3 is 0 Å². The molecule has 0 saturated carbocycles. The molecule has 0 saturated heterocycles.